The minimum Gasteiger partial charge on any atom is -0.508 e. The van der Waals surface area contributed by atoms with E-state index in [2.05, 4.69) is 11.4 Å². The van der Waals surface area contributed by atoms with Gasteiger partial charge >= 0.3 is 0 Å². The Morgan fingerprint density at radius 2 is 2.00 bits per heavy atom. The second-order valence-corrected chi connectivity index (χ2v) is 5.56. The molecule has 2 heteroatoms. The van der Waals surface area contributed by atoms with Crippen LogP contribution in [0.15, 0.2) is 24.3 Å². The summed E-state index contributed by atoms with van der Waals surface area (Å²) in [5.41, 5.74) is 1.63. The molecule has 92 valence electrons. The lowest BCUT2D eigenvalue weighted by atomic mass is 9.72. The molecular weight excluding hydrogens is 210 g/mol. The highest BCUT2D eigenvalue weighted by Crippen LogP contribution is 2.46. The highest BCUT2D eigenvalue weighted by molar-refractivity contribution is 5.35. The Hall–Kier alpha value is -1.02. The van der Waals surface area contributed by atoms with Crippen molar-refractivity contribution < 1.29 is 5.11 Å². The first-order valence-electron chi connectivity index (χ1n) is 6.84. The molecule has 2 N–H and O–H groups in total. The largest absolute Gasteiger partial charge is 0.508 e. The summed E-state index contributed by atoms with van der Waals surface area (Å²) in [5, 5.41) is 13.4. The molecule has 2 nitrogen and oxygen atoms in total. The van der Waals surface area contributed by atoms with E-state index in [9.17, 15) is 5.11 Å². The number of phenolic OH excluding ortho intramolecular Hbond substituents is 1. The van der Waals surface area contributed by atoms with Crippen LogP contribution in [-0.4, -0.2) is 17.7 Å². The van der Waals surface area contributed by atoms with Crippen molar-refractivity contribution in [2.75, 3.05) is 6.54 Å². The number of benzene rings is 1. The van der Waals surface area contributed by atoms with Crippen LogP contribution in [0.5, 0.6) is 5.75 Å². The first-order chi connectivity index (χ1) is 8.31. The lowest BCUT2D eigenvalue weighted by Crippen LogP contribution is -2.43. The van der Waals surface area contributed by atoms with Crippen molar-refractivity contribution in [1.82, 2.24) is 5.32 Å². The van der Waals surface area contributed by atoms with Crippen molar-refractivity contribution in [3.05, 3.63) is 29.8 Å². The van der Waals surface area contributed by atoms with Crippen LogP contribution >= 0.6 is 0 Å². The van der Waals surface area contributed by atoms with Gasteiger partial charge in [0.2, 0.25) is 0 Å². The molecule has 1 aliphatic heterocycles. The van der Waals surface area contributed by atoms with Crippen LogP contribution in [-0.2, 0) is 5.41 Å². The second kappa shape index (κ2) is 4.34. The van der Waals surface area contributed by atoms with Gasteiger partial charge in [0.25, 0.3) is 0 Å². The Balaban J connectivity index is 1.98. The Morgan fingerprint density at radius 3 is 2.65 bits per heavy atom. The van der Waals surface area contributed by atoms with Gasteiger partial charge in [-0.05, 0) is 49.9 Å². The lowest BCUT2D eigenvalue weighted by molar-refractivity contribution is 0.322. The average Bonchev–Trinajstić information content (AvgIpc) is 3.01. The molecule has 1 unspecified atom stereocenters. The predicted octanol–water partition coefficient (Wildman–Crippen LogP) is 2.96. The van der Waals surface area contributed by atoms with Gasteiger partial charge in [0.1, 0.15) is 5.75 Å². The predicted molar refractivity (Wildman–Crippen MR) is 69.3 cm³/mol. The van der Waals surface area contributed by atoms with E-state index < -0.39 is 0 Å². The van der Waals surface area contributed by atoms with Gasteiger partial charge in [-0.25, -0.2) is 0 Å². The molecule has 1 aliphatic carbocycles. The zero-order valence-electron chi connectivity index (χ0n) is 10.3. The number of rotatable bonds is 2. The first-order valence-corrected chi connectivity index (χ1v) is 6.84. The number of aromatic hydroxyl groups is 1. The summed E-state index contributed by atoms with van der Waals surface area (Å²) in [4.78, 5) is 0. The van der Waals surface area contributed by atoms with E-state index >= 15 is 0 Å². The third kappa shape index (κ3) is 1.85. The Bertz CT molecular complexity index is 390. The van der Waals surface area contributed by atoms with Crippen molar-refractivity contribution in [1.29, 1.82) is 0 Å². The molecule has 2 aliphatic rings. The van der Waals surface area contributed by atoms with Gasteiger partial charge in [0.05, 0.1) is 0 Å². The van der Waals surface area contributed by atoms with Gasteiger partial charge in [-0.2, -0.15) is 0 Å². The van der Waals surface area contributed by atoms with Crippen LogP contribution in [0.2, 0.25) is 0 Å². The molecule has 3 rings (SSSR count). The number of hydrogen-bond donors (Lipinski definition) is 2. The quantitative estimate of drug-likeness (QED) is 0.820. The SMILES string of the molecule is Oc1cccc(C2(C3CCCN3)CCCC2)c1. The second-order valence-electron chi connectivity index (χ2n) is 5.56. The van der Waals surface area contributed by atoms with Crippen molar-refractivity contribution in [2.24, 2.45) is 0 Å². The summed E-state index contributed by atoms with van der Waals surface area (Å²) < 4.78 is 0. The Morgan fingerprint density at radius 1 is 1.18 bits per heavy atom. The number of hydrogen-bond acceptors (Lipinski definition) is 2. The highest BCUT2D eigenvalue weighted by Gasteiger charge is 2.43. The van der Waals surface area contributed by atoms with Crippen molar-refractivity contribution in [3.8, 4) is 5.75 Å². The van der Waals surface area contributed by atoms with E-state index in [1.807, 2.05) is 12.1 Å². The van der Waals surface area contributed by atoms with Crippen molar-refractivity contribution in [2.45, 2.75) is 50.0 Å². The smallest absolute Gasteiger partial charge is 0.115 e. The summed E-state index contributed by atoms with van der Waals surface area (Å²) in [6.07, 6.45) is 7.78. The topological polar surface area (TPSA) is 32.3 Å². The molecule has 1 saturated carbocycles. The van der Waals surface area contributed by atoms with Crippen LogP contribution in [0, 0.1) is 0 Å². The molecule has 1 saturated heterocycles. The van der Waals surface area contributed by atoms with Gasteiger partial charge < -0.3 is 10.4 Å². The zero-order valence-corrected chi connectivity index (χ0v) is 10.3. The van der Waals surface area contributed by atoms with E-state index in [1.54, 1.807) is 6.07 Å². The maximum absolute atomic E-state index is 9.71. The van der Waals surface area contributed by atoms with E-state index in [4.69, 9.17) is 0 Å². The Labute approximate surface area is 103 Å². The Kier molecular flexibility index (Phi) is 2.83. The standard InChI is InChI=1S/C15H21NO/c17-13-6-3-5-12(11-13)15(8-1-2-9-15)14-7-4-10-16-14/h3,5-6,11,14,16-17H,1-2,4,7-10H2. The van der Waals surface area contributed by atoms with E-state index in [0.717, 1.165) is 6.54 Å². The molecule has 0 spiro atoms. The van der Waals surface area contributed by atoms with Gasteiger partial charge in [-0.1, -0.05) is 25.0 Å². The number of phenols is 1. The molecule has 1 aromatic carbocycles. The van der Waals surface area contributed by atoms with Gasteiger partial charge in [0, 0.05) is 11.5 Å². The molecule has 0 amide bonds. The molecule has 1 heterocycles. The van der Waals surface area contributed by atoms with Crippen LogP contribution in [0.1, 0.15) is 44.1 Å². The van der Waals surface area contributed by atoms with Crippen LogP contribution < -0.4 is 5.32 Å². The lowest BCUT2D eigenvalue weighted by Gasteiger charge is -2.36. The molecule has 0 aromatic heterocycles. The fraction of sp³-hybridized carbons (Fsp3) is 0.600. The van der Waals surface area contributed by atoms with E-state index in [0.29, 0.717) is 11.8 Å². The number of nitrogens with one attached hydrogen (secondary N) is 1. The highest BCUT2D eigenvalue weighted by atomic mass is 16.3. The van der Waals surface area contributed by atoms with Crippen LogP contribution in [0.4, 0.5) is 0 Å². The zero-order chi connectivity index (χ0) is 11.7. The van der Waals surface area contributed by atoms with Gasteiger partial charge in [0.15, 0.2) is 0 Å². The third-order valence-electron chi connectivity index (χ3n) is 4.64. The van der Waals surface area contributed by atoms with Crippen molar-refractivity contribution >= 4 is 0 Å². The molecule has 17 heavy (non-hydrogen) atoms. The average molecular weight is 231 g/mol. The summed E-state index contributed by atoms with van der Waals surface area (Å²) >= 11 is 0. The fourth-order valence-electron chi connectivity index (χ4n) is 3.82. The maximum Gasteiger partial charge on any atom is 0.115 e. The molecule has 0 radical (unpaired) electrons. The maximum atomic E-state index is 9.71. The van der Waals surface area contributed by atoms with Crippen LogP contribution in [0.25, 0.3) is 0 Å². The molecule has 1 atom stereocenters. The van der Waals surface area contributed by atoms with Gasteiger partial charge in [-0.15, -0.1) is 0 Å². The summed E-state index contributed by atoms with van der Waals surface area (Å²) in [6, 6.07) is 8.55. The fourth-order valence-corrected chi connectivity index (χ4v) is 3.82. The van der Waals surface area contributed by atoms with E-state index in [1.165, 1.54) is 44.1 Å². The first kappa shape index (κ1) is 11.1. The van der Waals surface area contributed by atoms with E-state index in [-0.39, 0.29) is 5.41 Å². The molecular formula is C15H21NO. The molecule has 2 fully saturated rings. The minimum absolute atomic E-state index is 0.287. The molecule has 1 aromatic rings. The third-order valence-corrected chi connectivity index (χ3v) is 4.64. The minimum atomic E-state index is 0.287. The van der Waals surface area contributed by atoms with Gasteiger partial charge in [-0.3, -0.25) is 0 Å². The normalized spacial score (nSPS) is 27.4. The monoisotopic (exact) mass is 231 g/mol. The summed E-state index contributed by atoms with van der Waals surface area (Å²) in [6.45, 7) is 1.16. The van der Waals surface area contributed by atoms with Crippen molar-refractivity contribution in [3.63, 3.8) is 0 Å². The molecule has 0 bridgehead atoms. The summed E-state index contributed by atoms with van der Waals surface area (Å²) in [5.74, 6) is 0.409. The van der Waals surface area contributed by atoms with Crippen LogP contribution in [0.3, 0.4) is 0 Å². The summed E-state index contributed by atoms with van der Waals surface area (Å²) in [7, 11) is 0.